The molecule has 2 aromatic carbocycles. The van der Waals surface area contributed by atoms with E-state index in [1.54, 1.807) is 0 Å². The number of aromatic nitrogens is 1. The van der Waals surface area contributed by atoms with Gasteiger partial charge in [-0.15, -0.1) is 0 Å². The van der Waals surface area contributed by atoms with Gasteiger partial charge >= 0.3 is 146 Å². The van der Waals surface area contributed by atoms with E-state index in [9.17, 15) is 22.4 Å². The summed E-state index contributed by atoms with van der Waals surface area (Å²) in [5.41, 5.74) is -0.862. The molecular formula is C17H10F4N2OSe. The molecule has 3 rings (SSSR count). The Morgan fingerprint density at radius 1 is 1.04 bits per heavy atom. The summed E-state index contributed by atoms with van der Waals surface area (Å²) in [6.45, 7) is 0. The first kappa shape index (κ1) is 17.4. The third kappa shape index (κ3) is 3.80. The molecule has 0 aliphatic heterocycles. The molecule has 0 saturated heterocycles. The molecule has 0 spiro atoms. The van der Waals surface area contributed by atoms with Crippen LogP contribution in [0.25, 0.3) is 10.0 Å². The average Bonchev–Trinajstić information content (AvgIpc) is 3.03. The van der Waals surface area contributed by atoms with Crippen molar-refractivity contribution < 1.29 is 22.4 Å². The maximum absolute atomic E-state index is 13.6. The van der Waals surface area contributed by atoms with Gasteiger partial charge in [-0.1, -0.05) is 0 Å². The summed E-state index contributed by atoms with van der Waals surface area (Å²) in [4.78, 5) is 16.0. The van der Waals surface area contributed by atoms with Gasteiger partial charge in [-0.25, -0.2) is 0 Å². The molecule has 128 valence electrons. The normalized spacial score (nSPS) is 11.4. The first-order chi connectivity index (χ1) is 11.9. The van der Waals surface area contributed by atoms with Crippen molar-refractivity contribution >= 4 is 25.1 Å². The molecule has 0 unspecified atom stereocenters. The van der Waals surface area contributed by atoms with Crippen molar-refractivity contribution in [3.05, 3.63) is 71.7 Å². The number of rotatable bonds is 3. The molecule has 3 aromatic rings. The molecule has 0 saturated carbocycles. The number of nitrogens with zero attached hydrogens (tertiary/aromatic N) is 1. The summed E-state index contributed by atoms with van der Waals surface area (Å²) in [6, 6.07) is 10.6. The number of amides is 1. The number of anilines is 1. The van der Waals surface area contributed by atoms with E-state index < -0.39 is 38.0 Å². The van der Waals surface area contributed by atoms with E-state index in [4.69, 9.17) is 0 Å². The van der Waals surface area contributed by atoms with Gasteiger partial charge in [0.1, 0.15) is 0 Å². The second-order valence-corrected chi connectivity index (χ2v) is 7.17. The van der Waals surface area contributed by atoms with Gasteiger partial charge in [-0.05, 0) is 0 Å². The zero-order chi connectivity index (χ0) is 18.0. The molecule has 0 aliphatic rings. The molecule has 3 nitrogen and oxygen atoms in total. The van der Waals surface area contributed by atoms with E-state index in [2.05, 4.69) is 10.3 Å². The molecule has 0 bridgehead atoms. The van der Waals surface area contributed by atoms with E-state index >= 15 is 0 Å². The van der Waals surface area contributed by atoms with Crippen molar-refractivity contribution in [1.29, 1.82) is 0 Å². The number of benzene rings is 2. The number of halogens is 4. The average molecular weight is 413 g/mol. The second-order valence-electron chi connectivity index (χ2n) is 5.01. The predicted molar refractivity (Wildman–Crippen MR) is 86.0 cm³/mol. The van der Waals surface area contributed by atoms with Crippen molar-refractivity contribution in [1.82, 2.24) is 4.98 Å². The van der Waals surface area contributed by atoms with E-state index in [0.29, 0.717) is 4.44 Å². The third-order valence-corrected chi connectivity index (χ3v) is 5.33. The van der Waals surface area contributed by atoms with Crippen LogP contribution in [0.5, 0.6) is 0 Å². The number of hydrogen-bond donors (Lipinski definition) is 1. The van der Waals surface area contributed by atoms with Crippen LogP contribution in [-0.2, 0) is 6.18 Å². The van der Waals surface area contributed by atoms with Gasteiger partial charge in [0, 0.05) is 0 Å². The molecule has 1 aromatic heterocycles. The van der Waals surface area contributed by atoms with Crippen LogP contribution in [0.1, 0.15) is 15.9 Å². The number of hydrogen-bond acceptors (Lipinski definition) is 2. The van der Waals surface area contributed by atoms with Crippen LogP contribution in [0.15, 0.2) is 54.7 Å². The monoisotopic (exact) mass is 414 g/mol. The number of nitrogens with one attached hydrogen (secondary N) is 1. The standard InChI is InChI=1S/C17H10F4N2OSe/c18-13-8-4-2-6-11(13)15(24)23-16-22-9-14(25-16)10-5-1-3-7-12(10)17(19,20)21/h1-9H,(H,22,23,24). The molecule has 1 heterocycles. The van der Waals surface area contributed by atoms with Crippen molar-refractivity contribution in [2.24, 2.45) is 0 Å². The molecular weight excluding hydrogens is 403 g/mol. The van der Waals surface area contributed by atoms with Crippen LogP contribution in [0, 0.1) is 5.82 Å². The quantitative estimate of drug-likeness (QED) is 0.516. The molecule has 8 heteroatoms. The first-order valence-electron chi connectivity index (χ1n) is 7.04. The predicted octanol–water partition coefficient (Wildman–Crippen LogP) is 4.22. The first-order valence-corrected chi connectivity index (χ1v) is 8.76. The summed E-state index contributed by atoms with van der Waals surface area (Å²) in [6.07, 6.45) is -3.17. The topological polar surface area (TPSA) is 42.0 Å². The molecule has 0 atom stereocenters. The van der Waals surface area contributed by atoms with Crippen LogP contribution < -0.4 is 5.32 Å². The maximum atomic E-state index is 13.6. The molecule has 1 N–H and O–H groups in total. The molecule has 0 fully saturated rings. The van der Waals surface area contributed by atoms with E-state index in [-0.39, 0.29) is 15.8 Å². The van der Waals surface area contributed by atoms with Crippen molar-refractivity contribution in [3.63, 3.8) is 0 Å². The van der Waals surface area contributed by atoms with Crippen molar-refractivity contribution in [2.75, 3.05) is 5.32 Å². The third-order valence-electron chi connectivity index (χ3n) is 3.34. The molecule has 0 aliphatic carbocycles. The Bertz CT molecular complexity index is 921. The second kappa shape index (κ2) is 6.82. The Kier molecular flexibility index (Phi) is 4.74. The van der Waals surface area contributed by atoms with Crippen LogP contribution in [-0.4, -0.2) is 25.4 Å². The van der Waals surface area contributed by atoms with Gasteiger partial charge in [0.05, 0.1) is 0 Å². The van der Waals surface area contributed by atoms with E-state index in [1.165, 1.54) is 42.6 Å². The van der Waals surface area contributed by atoms with Gasteiger partial charge in [-0.2, -0.15) is 0 Å². The van der Waals surface area contributed by atoms with Crippen LogP contribution in [0.4, 0.5) is 22.3 Å². The fraction of sp³-hybridized carbons (Fsp3) is 0.0588. The van der Waals surface area contributed by atoms with Gasteiger partial charge < -0.3 is 0 Å². The van der Waals surface area contributed by atoms with Gasteiger partial charge in [0.2, 0.25) is 0 Å². The van der Waals surface area contributed by atoms with Crippen LogP contribution >= 0.6 is 0 Å². The minimum absolute atomic E-state index is 0.0360. The Morgan fingerprint density at radius 2 is 1.72 bits per heavy atom. The fourth-order valence-corrected chi connectivity index (χ4v) is 4.00. The van der Waals surface area contributed by atoms with Gasteiger partial charge in [0.15, 0.2) is 0 Å². The minimum atomic E-state index is -4.48. The summed E-state index contributed by atoms with van der Waals surface area (Å²) >= 11 is -0.623. The summed E-state index contributed by atoms with van der Waals surface area (Å²) < 4.78 is 53.5. The Labute approximate surface area is 146 Å². The van der Waals surface area contributed by atoms with Gasteiger partial charge in [0.25, 0.3) is 0 Å². The van der Waals surface area contributed by atoms with Crippen LogP contribution in [0.3, 0.4) is 0 Å². The van der Waals surface area contributed by atoms with Crippen LogP contribution in [0.2, 0.25) is 0 Å². The van der Waals surface area contributed by atoms with Crippen molar-refractivity contribution in [2.45, 2.75) is 6.18 Å². The van der Waals surface area contributed by atoms with Gasteiger partial charge in [-0.3, -0.25) is 0 Å². The molecule has 0 radical (unpaired) electrons. The number of alkyl halides is 3. The zero-order valence-corrected chi connectivity index (χ0v) is 14.2. The Balaban J connectivity index is 1.87. The summed E-state index contributed by atoms with van der Waals surface area (Å²) in [7, 11) is 0. The summed E-state index contributed by atoms with van der Waals surface area (Å²) in [5, 5.41) is 2.46. The SMILES string of the molecule is O=C(Nc1ncc(-c2ccccc2C(F)(F)F)[se]1)c1ccccc1F. The molecule has 1 amide bonds. The Morgan fingerprint density at radius 3 is 2.44 bits per heavy atom. The number of carbonyl (C=O) groups excluding carboxylic acids is 1. The van der Waals surface area contributed by atoms with Crippen molar-refractivity contribution in [3.8, 4) is 10.0 Å². The van der Waals surface area contributed by atoms with E-state index in [1.807, 2.05) is 0 Å². The fourth-order valence-electron chi connectivity index (χ4n) is 2.21. The zero-order valence-electron chi connectivity index (χ0n) is 12.5. The number of carbonyl (C=O) groups is 1. The molecule has 25 heavy (non-hydrogen) atoms. The summed E-state index contributed by atoms with van der Waals surface area (Å²) in [5.74, 6) is -1.36. The Hall–Kier alpha value is -2.44. The van der Waals surface area contributed by atoms with E-state index in [0.717, 1.165) is 12.1 Å².